The van der Waals surface area contributed by atoms with Crippen molar-refractivity contribution in [3.8, 4) is 11.8 Å². The second-order valence-corrected chi connectivity index (χ2v) is 4.67. The Balaban J connectivity index is 2.25. The van der Waals surface area contributed by atoms with Gasteiger partial charge >= 0.3 is 0 Å². The van der Waals surface area contributed by atoms with Crippen LogP contribution in [0, 0.1) is 18.3 Å². The van der Waals surface area contributed by atoms with Gasteiger partial charge in [-0.15, -0.1) is 9.36 Å². The van der Waals surface area contributed by atoms with Crippen molar-refractivity contribution in [2.24, 2.45) is 7.05 Å². The van der Waals surface area contributed by atoms with E-state index in [1.54, 1.807) is 0 Å². The van der Waals surface area contributed by atoms with Crippen molar-refractivity contribution in [2.75, 3.05) is 0 Å². The smallest absolute Gasteiger partial charge is 0.192 e. The van der Waals surface area contributed by atoms with Gasteiger partial charge in [0.15, 0.2) is 7.05 Å². The lowest BCUT2D eigenvalue weighted by molar-refractivity contribution is -0.720. The maximum Gasteiger partial charge on any atom is 0.238 e. The van der Waals surface area contributed by atoms with E-state index >= 15 is 0 Å². The average Bonchev–Trinajstić information content (AvgIpc) is 2.76. The zero-order chi connectivity index (χ0) is 13.4. The number of hydrogen-bond acceptors (Lipinski definition) is 1. The number of hydrogen-bond donors (Lipinski definition) is 0. The molecule has 0 radical (unpaired) electrons. The largest absolute Gasteiger partial charge is 0.238 e. The van der Waals surface area contributed by atoms with Crippen molar-refractivity contribution in [2.45, 2.75) is 6.92 Å². The second kappa shape index (κ2) is 4.25. The van der Waals surface area contributed by atoms with Crippen LogP contribution in [0.1, 0.15) is 11.1 Å². The summed E-state index contributed by atoms with van der Waals surface area (Å²) < 4.78 is 4.23. The highest BCUT2D eigenvalue weighted by Gasteiger charge is 2.15. The number of fused-ring (bicyclic) bond motifs is 1. The van der Waals surface area contributed by atoms with Gasteiger partial charge in [0, 0.05) is 6.07 Å². The van der Waals surface area contributed by atoms with Crippen molar-refractivity contribution in [3.63, 3.8) is 0 Å². The van der Waals surface area contributed by atoms with Crippen LogP contribution in [0.15, 0.2) is 48.7 Å². The molecule has 0 amide bonds. The molecule has 92 valence electrons. The van der Waals surface area contributed by atoms with Crippen molar-refractivity contribution < 1.29 is 4.68 Å². The van der Waals surface area contributed by atoms with Gasteiger partial charge in [0.1, 0.15) is 5.69 Å². The summed E-state index contributed by atoms with van der Waals surface area (Å²) in [5, 5.41) is 10.1. The molecular weight excluding hydrogens is 234 g/mol. The molecule has 2 aromatic carbocycles. The van der Waals surface area contributed by atoms with Gasteiger partial charge in [-0.1, -0.05) is 12.1 Å². The summed E-state index contributed by atoms with van der Waals surface area (Å²) in [4.78, 5) is 0. The Bertz CT molecular complexity index is 806. The van der Waals surface area contributed by atoms with Gasteiger partial charge in [0.25, 0.3) is 0 Å². The summed E-state index contributed by atoms with van der Waals surface area (Å²) in [7, 11) is 2.04. The molecule has 0 unspecified atom stereocenters. The van der Waals surface area contributed by atoms with Crippen molar-refractivity contribution in [1.29, 1.82) is 5.26 Å². The lowest BCUT2D eigenvalue weighted by atomic mass is 10.1. The van der Waals surface area contributed by atoms with E-state index in [4.69, 9.17) is 5.26 Å². The first-order valence-corrected chi connectivity index (χ1v) is 6.18. The molecule has 0 saturated carbocycles. The highest BCUT2D eigenvalue weighted by Crippen LogP contribution is 2.17. The number of nitrogens with zero attached hydrogens (tertiary/aromatic N) is 3. The van der Waals surface area contributed by atoms with E-state index < -0.39 is 0 Å². The molecule has 0 fully saturated rings. The molecule has 0 N–H and O–H groups in total. The van der Waals surface area contributed by atoms with Crippen LogP contribution >= 0.6 is 0 Å². The zero-order valence-electron chi connectivity index (χ0n) is 11.0. The van der Waals surface area contributed by atoms with E-state index in [1.807, 2.05) is 44.3 Å². The van der Waals surface area contributed by atoms with E-state index in [0.29, 0.717) is 5.56 Å². The average molecular weight is 248 g/mol. The minimum Gasteiger partial charge on any atom is -0.192 e. The summed E-state index contributed by atoms with van der Waals surface area (Å²) in [5.74, 6) is 0. The fourth-order valence-corrected chi connectivity index (χ4v) is 2.44. The first-order valence-electron chi connectivity index (χ1n) is 6.18. The predicted octanol–water partition coefficient (Wildman–Crippen LogP) is 2.64. The van der Waals surface area contributed by atoms with Crippen LogP contribution < -0.4 is 4.68 Å². The molecule has 0 spiro atoms. The highest BCUT2D eigenvalue weighted by molar-refractivity contribution is 5.75. The number of rotatable bonds is 1. The Morgan fingerprint density at radius 2 is 1.95 bits per heavy atom. The Morgan fingerprint density at radius 3 is 2.63 bits per heavy atom. The molecule has 0 aliphatic rings. The van der Waals surface area contributed by atoms with Gasteiger partial charge in [0.05, 0.1) is 23.2 Å². The summed E-state index contributed by atoms with van der Waals surface area (Å²) in [6.45, 7) is 2.03. The monoisotopic (exact) mass is 248 g/mol. The molecule has 0 bridgehead atoms. The van der Waals surface area contributed by atoms with Gasteiger partial charge in [-0.05, 0) is 36.8 Å². The molecule has 0 atom stereocenters. The van der Waals surface area contributed by atoms with Gasteiger partial charge < -0.3 is 0 Å². The van der Waals surface area contributed by atoms with E-state index in [-0.39, 0.29) is 0 Å². The summed E-state index contributed by atoms with van der Waals surface area (Å²) in [6, 6.07) is 16.2. The maximum atomic E-state index is 8.93. The van der Waals surface area contributed by atoms with Crippen LogP contribution in [0.25, 0.3) is 16.6 Å². The molecular formula is C16H14N3+. The van der Waals surface area contributed by atoms with Gasteiger partial charge in [-0.2, -0.15) is 5.26 Å². The van der Waals surface area contributed by atoms with Gasteiger partial charge in [-0.25, -0.2) is 0 Å². The Morgan fingerprint density at radius 1 is 1.16 bits per heavy atom. The molecule has 3 aromatic rings. The van der Waals surface area contributed by atoms with E-state index in [0.717, 1.165) is 11.3 Å². The SMILES string of the molecule is Cc1cc(C#N)ccc1-n1cc2ccccc2[n+]1C. The molecule has 1 heterocycles. The first kappa shape index (κ1) is 11.5. The molecule has 0 aliphatic carbocycles. The topological polar surface area (TPSA) is 32.6 Å². The minimum absolute atomic E-state index is 0.695. The van der Waals surface area contributed by atoms with Crippen LogP contribution in [0.4, 0.5) is 0 Å². The normalized spacial score (nSPS) is 10.6. The summed E-state index contributed by atoms with van der Waals surface area (Å²) in [5.41, 5.74) is 4.07. The third kappa shape index (κ3) is 1.78. The quantitative estimate of drug-likeness (QED) is 0.609. The van der Waals surface area contributed by atoms with Crippen molar-refractivity contribution >= 4 is 10.9 Å². The van der Waals surface area contributed by atoms with Gasteiger partial charge in [-0.3, -0.25) is 0 Å². The predicted molar refractivity (Wildman–Crippen MR) is 73.9 cm³/mol. The Labute approximate surface area is 111 Å². The van der Waals surface area contributed by atoms with Crippen LogP contribution in [0.3, 0.4) is 0 Å². The Kier molecular flexibility index (Phi) is 2.57. The number of aromatic nitrogens is 2. The highest BCUT2D eigenvalue weighted by atomic mass is 15.4. The zero-order valence-corrected chi connectivity index (χ0v) is 11.0. The molecule has 19 heavy (non-hydrogen) atoms. The molecule has 3 rings (SSSR count). The maximum absolute atomic E-state index is 8.93. The van der Waals surface area contributed by atoms with Crippen molar-refractivity contribution in [3.05, 3.63) is 59.8 Å². The summed E-state index contributed by atoms with van der Waals surface area (Å²) in [6.07, 6.45) is 2.11. The number of nitriles is 1. The van der Waals surface area contributed by atoms with Crippen LogP contribution in [0.5, 0.6) is 0 Å². The van der Waals surface area contributed by atoms with E-state index in [1.165, 1.54) is 10.9 Å². The lowest BCUT2D eigenvalue weighted by Crippen LogP contribution is -2.38. The van der Waals surface area contributed by atoms with E-state index in [2.05, 4.69) is 33.8 Å². The molecule has 0 saturated heterocycles. The fraction of sp³-hybridized carbons (Fsp3) is 0.125. The lowest BCUT2D eigenvalue weighted by Gasteiger charge is -2.04. The minimum atomic E-state index is 0.695. The fourth-order valence-electron chi connectivity index (χ4n) is 2.44. The molecule has 1 aromatic heterocycles. The third-order valence-electron chi connectivity index (χ3n) is 3.44. The number of para-hydroxylation sites is 1. The number of benzene rings is 2. The molecule has 3 heteroatoms. The van der Waals surface area contributed by atoms with Crippen molar-refractivity contribution in [1.82, 2.24) is 4.68 Å². The van der Waals surface area contributed by atoms with E-state index in [9.17, 15) is 0 Å². The molecule has 3 nitrogen and oxygen atoms in total. The first-order chi connectivity index (χ1) is 9.20. The Hall–Kier alpha value is -2.60. The molecule has 0 aliphatic heterocycles. The van der Waals surface area contributed by atoms with Crippen LogP contribution in [-0.2, 0) is 7.05 Å². The standard InChI is InChI=1S/C16H14N3/c1-12-9-13(10-17)7-8-15(12)19-11-14-5-3-4-6-16(14)18(19)2/h3-9,11H,1-2H3/q+1. The second-order valence-electron chi connectivity index (χ2n) is 4.67. The van der Waals surface area contributed by atoms with Crippen LogP contribution in [-0.4, -0.2) is 4.68 Å². The summed E-state index contributed by atoms with van der Waals surface area (Å²) >= 11 is 0. The van der Waals surface area contributed by atoms with Gasteiger partial charge in [0.2, 0.25) is 5.52 Å². The van der Waals surface area contributed by atoms with Crippen LogP contribution in [0.2, 0.25) is 0 Å². The third-order valence-corrected chi connectivity index (χ3v) is 3.44. The number of aryl methyl sites for hydroxylation is 2.